The lowest BCUT2D eigenvalue weighted by Crippen LogP contribution is -2.35. The van der Waals surface area contributed by atoms with Gasteiger partial charge in [0.25, 0.3) is 0 Å². The molecule has 1 rings (SSSR count). The number of carbonyl (C=O) groups excluding carboxylic acids is 1. The Kier molecular flexibility index (Phi) is 2.80. The highest BCUT2D eigenvalue weighted by molar-refractivity contribution is 6.59. The van der Waals surface area contributed by atoms with Gasteiger partial charge >= 0.3 is 7.12 Å². The van der Waals surface area contributed by atoms with Gasteiger partial charge in [0, 0.05) is 11.0 Å². The summed E-state index contributed by atoms with van der Waals surface area (Å²) in [4.78, 5) is 10.3. The Balaban J connectivity index is 3.38. The summed E-state index contributed by atoms with van der Waals surface area (Å²) in [5.41, 5.74) is -0.0172. The molecular weight excluding hydrogens is 174 g/mol. The van der Waals surface area contributed by atoms with Gasteiger partial charge in [-0.2, -0.15) is 0 Å². The molecule has 0 spiro atoms. The smallest absolute Gasteiger partial charge is 0.423 e. The number of aldehydes is 1. The second kappa shape index (κ2) is 3.68. The minimum atomic E-state index is -1.89. The van der Waals surface area contributed by atoms with E-state index in [2.05, 4.69) is 0 Å². The molecule has 13 heavy (non-hydrogen) atoms. The molecule has 0 amide bonds. The van der Waals surface area contributed by atoms with Gasteiger partial charge in [0.05, 0.1) is 0 Å². The lowest BCUT2D eigenvalue weighted by atomic mass is 9.76. The lowest BCUT2D eigenvalue weighted by Gasteiger charge is -2.06. The molecule has 0 heterocycles. The van der Waals surface area contributed by atoms with E-state index in [9.17, 15) is 9.18 Å². The van der Waals surface area contributed by atoms with E-state index >= 15 is 0 Å². The first-order chi connectivity index (χ1) is 6.07. The minimum Gasteiger partial charge on any atom is -0.423 e. The number of hydrogen-bond donors (Lipinski definition) is 2. The van der Waals surface area contributed by atoms with E-state index in [0.29, 0.717) is 11.8 Å². The molecule has 0 fully saturated rings. The van der Waals surface area contributed by atoms with Crippen LogP contribution in [0.15, 0.2) is 12.1 Å². The highest BCUT2D eigenvalue weighted by Gasteiger charge is 2.21. The van der Waals surface area contributed by atoms with E-state index in [1.807, 2.05) is 0 Å². The molecule has 3 nitrogen and oxygen atoms in total. The third kappa shape index (κ3) is 1.76. The maximum Gasteiger partial charge on any atom is 0.491 e. The van der Waals surface area contributed by atoms with Crippen molar-refractivity contribution in [3.63, 3.8) is 0 Å². The van der Waals surface area contributed by atoms with Crippen molar-refractivity contribution < 1.29 is 19.2 Å². The molecule has 0 aliphatic carbocycles. The Hall–Kier alpha value is -1.20. The average Bonchev–Trinajstić information content (AvgIpc) is 2.04. The van der Waals surface area contributed by atoms with Crippen molar-refractivity contribution >= 4 is 18.9 Å². The predicted molar refractivity (Wildman–Crippen MR) is 46.4 cm³/mol. The van der Waals surface area contributed by atoms with Crippen molar-refractivity contribution in [2.75, 3.05) is 0 Å². The second-order valence-corrected chi connectivity index (χ2v) is 2.69. The first-order valence-corrected chi connectivity index (χ1v) is 3.68. The predicted octanol–water partition coefficient (Wildman–Crippen LogP) is -0.374. The van der Waals surface area contributed by atoms with Crippen molar-refractivity contribution in [2.24, 2.45) is 0 Å². The Morgan fingerprint density at radius 2 is 2.08 bits per heavy atom. The molecule has 0 atom stereocenters. The molecule has 0 saturated heterocycles. The molecule has 0 bridgehead atoms. The van der Waals surface area contributed by atoms with E-state index in [1.54, 1.807) is 0 Å². The van der Waals surface area contributed by atoms with Gasteiger partial charge in [-0.05, 0) is 18.6 Å². The molecule has 0 radical (unpaired) electrons. The van der Waals surface area contributed by atoms with Crippen LogP contribution in [0.25, 0.3) is 0 Å². The fraction of sp³-hybridized carbons (Fsp3) is 0.125. The monoisotopic (exact) mass is 182 g/mol. The van der Waals surface area contributed by atoms with Gasteiger partial charge < -0.3 is 10.0 Å². The van der Waals surface area contributed by atoms with Crippen LogP contribution in [0.2, 0.25) is 0 Å². The van der Waals surface area contributed by atoms with Crippen LogP contribution in [0.4, 0.5) is 4.39 Å². The summed E-state index contributed by atoms with van der Waals surface area (Å²) in [6, 6.07) is 2.76. The molecule has 68 valence electrons. The Bertz CT molecular complexity index is 338. The second-order valence-electron chi connectivity index (χ2n) is 2.69. The van der Waals surface area contributed by atoms with Gasteiger partial charge in [0.15, 0.2) is 6.29 Å². The number of benzene rings is 1. The van der Waals surface area contributed by atoms with Crippen LogP contribution in [0.3, 0.4) is 0 Å². The van der Waals surface area contributed by atoms with Gasteiger partial charge in [-0.25, -0.2) is 4.39 Å². The maximum absolute atomic E-state index is 13.2. The largest absolute Gasteiger partial charge is 0.491 e. The zero-order chi connectivity index (χ0) is 10.0. The third-order valence-electron chi connectivity index (χ3n) is 1.81. The molecule has 0 saturated carbocycles. The van der Waals surface area contributed by atoms with Gasteiger partial charge in [0.2, 0.25) is 0 Å². The van der Waals surface area contributed by atoms with Crippen LogP contribution in [0.5, 0.6) is 0 Å². The number of aryl methyl sites for hydroxylation is 1. The highest BCUT2D eigenvalue weighted by Crippen LogP contribution is 2.05. The van der Waals surface area contributed by atoms with Gasteiger partial charge in [0.1, 0.15) is 5.82 Å². The maximum atomic E-state index is 13.2. The number of carbonyl (C=O) groups is 1. The Labute approximate surface area is 75.0 Å². The van der Waals surface area contributed by atoms with Crippen LogP contribution in [0, 0.1) is 12.7 Å². The average molecular weight is 182 g/mol. The van der Waals surface area contributed by atoms with Crippen LogP contribution < -0.4 is 5.46 Å². The third-order valence-corrected chi connectivity index (χ3v) is 1.81. The van der Waals surface area contributed by atoms with Gasteiger partial charge in [-0.15, -0.1) is 0 Å². The number of halogens is 1. The molecule has 2 N–H and O–H groups in total. The van der Waals surface area contributed by atoms with Crippen molar-refractivity contribution in [3.05, 3.63) is 29.1 Å². The molecule has 0 aromatic heterocycles. The molecule has 5 heteroatoms. The quantitative estimate of drug-likeness (QED) is 0.484. The molecule has 1 aromatic carbocycles. The standard InChI is InChI=1S/C8H8BFO3/c1-5-2-3-6(4-11)8(10)7(5)9(12)13/h2-4,12-13H,1H3. The lowest BCUT2D eigenvalue weighted by molar-refractivity contribution is 0.112. The van der Waals surface area contributed by atoms with Crippen LogP contribution >= 0.6 is 0 Å². The van der Waals surface area contributed by atoms with Crippen LogP contribution in [-0.4, -0.2) is 23.5 Å². The molecule has 0 aliphatic heterocycles. The SMILES string of the molecule is Cc1ccc(C=O)c(F)c1B(O)O. The first-order valence-electron chi connectivity index (χ1n) is 3.68. The summed E-state index contributed by atoms with van der Waals surface area (Å²) in [5, 5.41) is 17.6. The molecule has 1 aromatic rings. The zero-order valence-corrected chi connectivity index (χ0v) is 6.99. The molecule has 0 aliphatic rings. The normalized spacial score (nSPS) is 9.85. The fourth-order valence-electron chi connectivity index (χ4n) is 1.11. The van der Waals surface area contributed by atoms with Crippen LogP contribution in [-0.2, 0) is 0 Å². The summed E-state index contributed by atoms with van der Waals surface area (Å²) in [7, 11) is -1.89. The van der Waals surface area contributed by atoms with E-state index in [0.717, 1.165) is 0 Å². The summed E-state index contributed by atoms with van der Waals surface area (Å²) in [5.74, 6) is -0.870. The van der Waals surface area contributed by atoms with Crippen LogP contribution in [0.1, 0.15) is 15.9 Å². The minimum absolute atomic E-state index is 0.172. The van der Waals surface area contributed by atoms with E-state index in [1.165, 1.54) is 19.1 Å². The fourth-order valence-corrected chi connectivity index (χ4v) is 1.11. The van der Waals surface area contributed by atoms with Crippen molar-refractivity contribution in [2.45, 2.75) is 6.92 Å². The van der Waals surface area contributed by atoms with Gasteiger partial charge in [-0.3, -0.25) is 4.79 Å². The van der Waals surface area contributed by atoms with Gasteiger partial charge in [-0.1, -0.05) is 6.07 Å². The first kappa shape index (κ1) is 9.89. The van der Waals surface area contributed by atoms with Crippen molar-refractivity contribution in [1.29, 1.82) is 0 Å². The van der Waals surface area contributed by atoms with Crippen molar-refractivity contribution in [3.8, 4) is 0 Å². The summed E-state index contributed by atoms with van der Waals surface area (Å²) in [6.07, 6.45) is 0.334. The summed E-state index contributed by atoms with van der Waals surface area (Å²) in [6.45, 7) is 1.53. The summed E-state index contributed by atoms with van der Waals surface area (Å²) >= 11 is 0. The van der Waals surface area contributed by atoms with E-state index < -0.39 is 12.9 Å². The topological polar surface area (TPSA) is 57.5 Å². The number of hydrogen-bond acceptors (Lipinski definition) is 3. The molecule has 0 unspecified atom stereocenters. The summed E-state index contributed by atoms with van der Waals surface area (Å²) < 4.78 is 13.2. The Morgan fingerprint density at radius 1 is 1.46 bits per heavy atom. The Morgan fingerprint density at radius 3 is 2.54 bits per heavy atom. The number of rotatable bonds is 2. The van der Waals surface area contributed by atoms with Crippen molar-refractivity contribution in [1.82, 2.24) is 0 Å². The van der Waals surface area contributed by atoms with E-state index in [-0.39, 0.29) is 11.0 Å². The van der Waals surface area contributed by atoms with E-state index in [4.69, 9.17) is 10.0 Å². The highest BCUT2D eigenvalue weighted by atomic mass is 19.1. The molecular formula is C8H8BFO3. The zero-order valence-electron chi connectivity index (χ0n) is 6.99.